The van der Waals surface area contributed by atoms with E-state index in [0.29, 0.717) is 0 Å². The Morgan fingerprint density at radius 2 is 0.867 bits per heavy atom. The standard InChI is InChI=1S/C21H30O9/c1-19(2,3)28-16(22)25-13-11-10-12-14(26-17(23)29-20(4,5)6)15(13)27-18(24)30-21(7,8)9/h10-12H,1-9H3. The van der Waals surface area contributed by atoms with Gasteiger partial charge in [-0.05, 0) is 74.4 Å². The normalized spacial score (nSPS) is 11.9. The molecule has 0 unspecified atom stereocenters. The maximum absolute atomic E-state index is 12.2. The zero-order chi connectivity index (χ0) is 23.3. The average molecular weight is 426 g/mol. The lowest BCUT2D eigenvalue weighted by Gasteiger charge is -2.22. The lowest BCUT2D eigenvalue weighted by atomic mass is 10.2. The first-order valence-corrected chi connectivity index (χ1v) is 9.31. The van der Waals surface area contributed by atoms with Crippen molar-refractivity contribution in [2.75, 3.05) is 0 Å². The van der Waals surface area contributed by atoms with E-state index >= 15 is 0 Å². The molecular weight excluding hydrogens is 396 g/mol. The molecule has 0 radical (unpaired) electrons. The van der Waals surface area contributed by atoms with E-state index in [1.54, 1.807) is 62.3 Å². The Morgan fingerprint density at radius 3 is 1.17 bits per heavy atom. The van der Waals surface area contributed by atoms with Gasteiger partial charge in [0.2, 0.25) is 5.75 Å². The van der Waals surface area contributed by atoms with E-state index in [1.807, 2.05) is 0 Å². The van der Waals surface area contributed by atoms with Crippen LogP contribution in [0.1, 0.15) is 62.3 Å². The fourth-order valence-corrected chi connectivity index (χ4v) is 1.83. The van der Waals surface area contributed by atoms with Crippen molar-refractivity contribution in [3.8, 4) is 17.2 Å². The van der Waals surface area contributed by atoms with Gasteiger partial charge in [-0.2, -0.15) is 0 Å². The Morgan fingerprint density at radius 1 is 0.567 bits per heavy atom. The van der Waals surface area contributed by atoms with Crippen LogP contribution >= 0.6 is 0 Å². The summed E-state index contributed by atoms with van der Waals surface area (Å²) in [5, 5.41) is 0. The van der Waals surface area contributed by atoms with Crippen LogP contribution in [0.3, 0.4) is 0 Å². The van der Waals surface area contributed by atoms with E-state index in [2.05, 4.69) is 0 Å². The van der Waals surface area contributed by atoms with Gasteiger partial charge in [0.05, 0.1) is 0 Å². The Balaban J connectivity index is 3.21. The molecule has 0 aliphatic carbocycles. The molecule has 0 saturated carbocycles. The SMILES string of the molecule is CC(C)(C)OC(=O)Oc1cccc(OC(=O)OC(C)(C)C)c1OC(=O)OC(C)(C)C. The summed E-state index contributed by atoms with van der Waals surface area (Å²) in [4.78, 5) is 36.3. The lowest BCUT2D eigenvalue weighted by Crippen LogP contribution is -2.28. The molecule has 0 saturated heterocycles. The third-order valence-electron chi connectivity index (χ3n) is 2.68. The van der Waals surface area contributed by atoms with E-state index in [1.165, 1.54) is 18.2 Å². The van der Waals surface area contributed by atoms with Crippen molar-refractivity contribution in [3.63, 3.8) is 0 Å². The number of rotatable bonds is 3. The van der Waals surface area contributed by atoms with Crippen LogP contribution in [-0.4, -0.2) is 35.3 Å². The van der Waals surface area contributed by atoms with Crippen molar-refractivity contribution < 1.29 is 42.8 Å². The molecule has 0 atom stereocenters. The van der Waals surface area contributed by atoms with Gasteiger partial charge < -0.3 is 28.4 Å². The predicted octanol–water partition coefficient (Wildman–Crippen LogP) is 5.63. The van der Waals surface area contributed by atoms with Crippen LogP contribution in [0.25, 0.3) is 0 Å². The van der Waals surface area contributed by atoms with E-state index in [4.69, 9.17) is 28.4 Å². The van der Waals surface area contributed by atoms with Crippen LogP contribution in [0.4, 0.5) is 14.4 Å². The monoisotopic (exact) mass is 426 g/mol. The maximum Gasteiger partial charge on any atom is 0.514 e. The van der Waals surface area contributed by atoms with Gasteiger partial charge in [0.25, 0.3) is 0 Å². The molecule has 168 valence electrons. The van der Waals surface area contributed by atoms with Crippen LogP contribution in [0.2, 0.25) is 0 Å². The Kier molecular flexibility index (Phi) is 7.71. The zero-order valence-corrected chi connectivity index (χ0v) is 18.9. The Hall–Kier alpha value is -2.97. The van der Waals surface area contributed by atoms with E-state index in [9.17, 15) is 14.4 Å². The minimum atomic E-state index is -1.09. The first-order valence-electron chi connectivity index (χ1n) is 9.31. The largest absolute Gasteiger partial charge is 0.514 e. The second-order valence-corrected chi connectivity index (χ2v) is 9.28. The number of para-hydroxylation sites is 1. The van der Waals surface area contributed by atoms with Crippen LogP contribution < -0.4 is 14.2 Å². The topological polar surface area (TPSA) is 107 Å². The Labute approximate surface area is 176 Å². The summed E-state index contributed by atoms with van der Waals surface area (Å²) in [5.41, 5.74) is -2.47. The molecule has 0 aromatic heterocycles. The van der Waals surface area contributed by atoms with Crippen molar-refractivity contribution in [2.24, 2.45) is 0 Å². The molecule has 0 heterocycles. The van der Waals surface area contributed by atoms with Gasteiger partial charge in [0, 0.05) is 0 Å². The van der Waals surface area contributed by atoms with Crippen molar-refractivity contribution in [2.45, 2.75) is 79.1 Å². The van der Waals surface area contributed by atoms with Crippen molar-refractivity contribution >= 4 is 18.5 Å². The molecule has 0 amide bonds. The summed E-state index contributed by atoms with van der Waals surface area (Å²) in [7, 11) is 0. The highest BCUT2D eigenvalue weighted by atomic mass is 16.8. The first kappa shape index (κ1) is 25.1. The van der Waals surface area contributed by atoms with Crippen molar-refractivity contribution in [1.29, 1.82) is 0 Å². The van der Waals surface area contributed by atoms with E-state index in [0.717, 1.165) is 0 Å². The molecule has 30 heavy (non-hydrogen) atoms. The minimum Gasteiger partial charge on any atom is -0.428 e. The van der Waals surface area contributed by atoms with Gasteiger partial charge in [-0.25, -0.2) is 14.4 Å². The van der Waals surface area contributed by atoms with Gasteiger partial charge in [-0.3, -0.25) is 0 Å². The molecule has 0 aliphatic heterocycles. The molecule has 0 spiro atoms. The third-order valence-corrected chi connectivity index (χ3v) is 2.68. The maximum atomic E-state index is 12.2. The Bertz CT molecular complexity index is 729. The molecule has 1 rings (SSSR count). The molecule has 0 N–H and O–H groups in total. The first-order chi connectivity index (χ1) is 13.5. The van der Waals surface area contributed by atoms with Crippen LogP contribution in [0.15, 0.2) is 18.2 Å². The highest BCUT2D eigenvalue weighted by Gasteiger charge is 2.27. The fourth-order valence-electron chi connectivity index (χ4n) is 1.83. The van der Waals surface area contributed by atoms with Gasteiger partial charge in [0.15, 0.2) is 11.5 Å². The molecule has 1 aromatic carbocycles. The quantitative estimate of drug-likeness (QED) is 0.345. The molecule has 0 fully saturated rings. The smallest absolute Gasteiger partial charge is 0.428 e. The second kappa shape index (κ2) is 9.23. The zero-order valence-electron chi connectivity index (χ0n) is 18.9. The number of hydrogen-bond acceptors (Lipinski definition) is 9. The molecule has 9 heteroatoms. The minimum absolute atomic E-state index is 0.212. The van der Waals surface area contributed by atoms with Gasteiger partial charge >= 0.3 is 18.5 Å². The summed E-state index contributed by atoms with van der Waals surface area (Å²) in [6.07, 6.45) is -3.16. The number of carbonyl (C=O) groups is 3. The van der Waals surface area contributed by atoms with Gasteiger partial charge in [0.1, 0.15) is 16.8 Å². The summed E-state index contributed by atoms with van der Waals surface area (Å²) < 4.78 is 30.8. The highest BCUT2D eigenvalue weighted by molar-refractivity contribution is 5.74. The summed E-state index contributed by atoms with van der Waals surface area (Å²) in [6, 6.07) is 4.11. The van der Waals surface area contributed by atoms with Gasteiger partial charge in [-0.15, -0.1) is 0 Å². The fraction of sp³-hybridized carbons (Fsp3) is 0.571. The molecular formula is C21H30O9. The number of ether oxygens (including phenoxy) is 6. The lowest BCUT2D eigenvalue weighted by molar-refractivity contribution is 0.0106. The van der Waals surface area contributed by atoms with Gasteiger partial charge in [-0.1, -0.05) is 6.07 Å². The summed E-state index contributed by atoms with van der Waals surface area (Å²) in [5.74, 6) is -0.768. The van der Waals surface area contributed by atoms with Crippen LogP contribution in [0, 0.1) is 0 Å². The molecule has 1 aromatic rings. The highest BCUT2D eigenvalue weighted by Crippen LogP contribution is 2.38. The van der Waals surface area contributed by atoms with Crippen molar-refractivity contribution in [3.05, 3.63) is 18.2 Å². The summed E-state index contributed by atoms with van der Waals surface area (Å²) >= 11 is 0. The van der Waals surface area contributed by atoms with E-state index < -0.39 is 35.3 Å². The number of benzene rings is 1. The molecule has 9 nitrogen and oxygen atoms in total. The summed E-state index contributed by atoms with van der Waals surface area (Å²) in [6.45, 7) is 14.9. The average Bonchev–Trinajstić information content (AvgIpc) is 2.44. The molecule has 0 bridgehead atoms. The number of hydrogen-bond donors (Lipinski definition) is 0. The predicted molar refractivity (Wildman–Crippen MR) is 107 cm³/mol. The van der Waals surface area contributed by atoms with Crippen LogP contribution in [0.5, 0.6) is 17.2 Å². The number of carbonyl (C=O) groups excluding carboxylic acids is 3. The molecule has 0 aliphatic rings. The van der Waals surface area contributed by atoms with Crippen LogP contribution in [-0.2, 0) is 14.2 Å². The van der Waals surface area contributed by atoms with Crippen molar-refractivity contribution in [1.82, 2.24) is 0 Å². The van der Waals surface area contributed by atoms with E-state index in [-0.39, 0.29) is 17.2 Å². The second-order valence-electron chi connectivity index (χ2n) is 9.28. The third kappa shape index (κ3) is 9.99.